The molecule has 1 nitrogen and oxygen atoms in total. The zero-order valence-corrected chi connectivity index (χ0v) is 10.2. The Morgan fingerprint density at radius 2 is 2.20 bits per heavy atom. The fraction of sp³-hybridized carbons (Fsp3) is 0.0909. The van der Waals surface area contributed by atoms with Crippen molar-refractivity contribution >= 4 is 33.0 Å². The molecule has 0 spiro atoms. The lowest BCUT2D eigenvalue weighted by molar-refractivity contribution is 0.628. The number of hydrogen-bond acceptors (Lipinski definition) is 2. The van der Waals surface area contributed by atoms with Gasteiger partial charge in [0.25, 0.3) is 0 Å². The Balaban J connectivity index is 2.02. The van der Waals surface area contributed by atoms with Gasteiger partial charge in [-0.3, -0.25) is 0 Å². The van der Waals surface area contributed by atoms with Crippen LogP contribution in [0.2, 0.25) is 0 Å². The van der Waals surface area contributed by atoms with Gasteiger partial charge in [0.1, 0.15) is 5.82 Å². The fourth-order valence-corrected chi connectivity index (χ4v) is 2.66. The first-order valence-electron chi connectivity index (χ1n) is 4.47. The van der Waals surface area contributed by atoms with Crippen molar-refractivity contribution in [3.05, 3.63) is 50.9 Å². The van der Waals surface area contributed by atoms with E-state index in [1.54, 1.807) is 17.4 Å². The first-order chi connectivity index (χ1) is 7.25. The summed E-state index contributed by atoms with van der Waals surface area (Å²) in [6.45, 7) is 0.710. The van der Waals surface area contributed by atoms with Gasteiger partial charge >= 0.3 is 0 Å². The van der Waals surface area contributed by atoms with Gasteiger partial charge in [-0.1, -0.05) is 6.07 Å². The zero-order valence-electron chi connectivity index (χ0n) is 7.84. The van der Waals surface area contributed by atoms with Crippen LogP contribution in [0.4, 0.5) is 10.1 Å². The number of anilines is 1. The summed E-state index contributed by atoms with van der Waals surface area (Å²) in [5, 5.41) is 5.19. The van der Waals surface area contributed by atoms with Crippen molar-refractivity contribution in [2.45, 2.75) is 6.54 Å². The largest absolute Gasteiger partial charge is 0.380 e. The normalized spacial score (nSPS) is 10.3. The quantitative estimate of drug-likeness (QED) is 0.888. The molecule has 0 unspecified atom stereocenters. The summed E-state index contributed by atoms with van der Waals surface area (Å²) in [6.07, 6.45) is 0. The molecule has 0 fully saturated rings. The Morgan fingerprint density at radius 3 is 2.87 bits per heavy atom. The van der Waals surface area contributed by atoms with Crippen LogP contribution in [0, 0.1) is 5.82 Å². The van der Waals surface area contributed by atoms with Crippen molar-refractivity contribution in [2.24, 2.45) is 0 Å². The molecule has 0 aliphatic rings. The second kappa shape index (κ2) is 4.77. The predicted octanol–water partition coefficient (Wildman–Crippen LogP) is 4.26. The van der Waals surface area contributed by atoms with E-state index < -0.39 is 0 Å². The topological polar surface area (TPSA) is 12.0 Å². The first kappa shape index (κ1) is 10.6. The smallest absolute Gasteiger partial charge is 0.125 e. The van der Waals surface area contributed by atoms with Crippen molar-refractivity contribution in [1.82, 2.24) is 0 Å². The SMILES string of the molecule is Fc1cccc(NCc2sccc2Br)c1. The Morgan fingerprint density at radius 1 is 1.33 bits per heavy atom. The summed E-state index contributed by atoms with van der Waals surface area (Å²) in [4.78, 5) is 1.21. The van der Waals surface area contributed by atoms with Crippen LogP contribution >= 0.6 is 27.3 Å². The average molecular weight is 286 g/mol. The van der Waals surface area contributed by atoms with Crippen LogP contribution in [0.15, 0.2) is 40.2 Å². The maximum atomic E-state index is 12.9. The molecule has 0 aliphatic carbocycles. The summed E-state index contributed by atoms with van der Waals surface area (Å²) in [5.41, 5.74) is 0.801. The number of nitrogens with one attached hydrogen (secondary N) is 1. The molecule has 0 radical (unpaired) electrons. The number of halogens is 2. The van der Waals surface area contributed by atoms with E-state index in [0.717, 1.165) is 10.2 Å². The molecule has 2 aromatic rings. The Hall–Kier alpha value is -0.870. The second-order valence-electron chi connectivity index (χ2n) is 3.06. The van der Waals surface area contributed by atoms with Gasteiger partial charge in [-0.05, 0) is 45.6 Å². The van der Waals surface area contributed by atoms with Crippen molar-refractivity contribution < 1.29 is 4.39 Å². The minimum atomic E-state index is -0.217. The summed E-state index contributed by atoms with van der Waals surface area (Å²) in [5.74, 6) is -0.217. The van der Waals surface area contributed by atoms with Gasteiger partial charge in [-0.25, -0.2) is 4.39 Å². The van der Waals surface area contributed by atoms with Crippen LogP contribution in [0.25, 0.3) is 0 Å². The third-order valence-corrected chi connectivity index (χ3v) is 3.90. The van der Waals surface area contributed by atoms with Gasteiger partial charge in [0.15, 0.2) is 0 Å². The molecule has 0 saturated heterocycles. The number of hydrogen-bond donors (Lipinski definition) is 1. The van der Waals surface area contributed by atoms with E-state index in [9.17, 15) is 4.39 Å². The summed E-state index contributed by atoms with van der Waals surface area (Å²) < 4.78 is 14.0. The fourth-order valence-electron chi connectivity index (χ4n) is 1.23. The molecule has 15 heavy (non-hydrogen) atoms. The molecule has 1 aromatic carbocycles. The Bertz CT molecular complexity index is 455. The molecular formula is C11H9BrFNS. The van der Waals surface area contributed by atoms with Gasteiger partial charge in [0.05, 0.1) is 6.54 Å². The molecule has 0 aliphatic heterocycles. The van der Waals surface area contributed by atoms with Crippen molar-refractivity contribution in [2.75, 3.05) is 5.32 Å². The number of rotatable bonds is 3. The van der Waals surface area contributed by atoms with Crippen LogP contribution in [-0.4, -0.2) is 0 Å². The van der Waals surface area contributed by atoms with E-state index >= 15 is 0 Å². The lowest BCUT2D eigenvalue weighted by atomic mass is 10.3. The number of benzene rings is 1. The van der Waals surface area contributed by atoms with E-state index in [-0.39, 0.29) is 5.82 Å². The Labute approximate surface area is 100 Å². The lowest BCUT2D eigenvalue weighted by Gasteiger charge is -2.04. The summed E-state index contributed by atoms with van der Waals surface area (Å²) in [7, 11) is 0. The van der Waals surface area contributed by atoms with Gasteiger partial charge in [-0.2, -0.15) is 0 Å². The van der Waals surface area contributed by atoms with E-state index in [4.69, 9.17) is 0 Å². The van der Waals surface area contributed by atoms with E-state index in [0.29, 0.717) is 6.54 Å². The van der Waals surface area contributed by atoms with Crippen molar-refractivity contribution in [1.29, 1.82) is 0 Å². The van der Waals surface area contributed by atoms with Gasteiger partial charge < -0.3 is 5.32 Å². The van der Waals surface area contributed by atoms with Crippen molar-refractivity contribution in [3.63, 3.8) is 0 Å². The molecule has 0 amide bonds. The highest BCUT2D eigenvalue weighted by Gasteiger charge is 2.01. The van der Waals surface area contributed by atoms with Crippen molar-refractivity contribution in [3.8, 4) is 0 Å². The average Bonchev–Trinajstić information content (AvgIpc) is 2.61. The zero-order chi connectivity index (χ0) is 10.7. The van der Waals surface area contributed by atoms with Crippen LogP contribution in [0.1, 0.15) is 4.88 Å². The molecule has 0 saturated carbocycles. The molecule has 1 heterocycles. The van der Waals surface area contributed by atoms with Crippen LogP contribution in [0.3, 0.4) is 0 Å². The highest BCUT2D eigenvalue weighted by molar-refractivity contribution is 9.10. The summed E-state index contributed by atoms with van der Waals surface area (Å²) >= 11 is 5.12. The second-order valence-corrected chi connectivity index (χ2v) is 4.91. The highest BCUT2D eigenvalue weighted by atomic mass is 79.9. The highest BCUT2D eigenvalue weighted by Crippen LogP contribution is 2.23. The Kier molecular flexibility index (Phi) is 3.38. The monoisotopic (exact) mass is 285 g/mol. The third kappa shape index (κ3) is 2.79. The van der Waals surface area contributed by atoms with Gasteiger partial charge in [-0.15, -0.1) is 11.3 Å². The maximum Gasteiger partial charge on any atom is 0.125 e. The van der Waals surface area contributed by atoms with Crippen LogP contribution in [-0.2, 0) is 6.54 Å². The molecule has 0 bridgehead atoms. The van der Waals surface area contributed by atoms with E-state index in [1.165, 1.54) is 17.0 Å². The molecule has 0 atom stereocenters. The van der Waals surface area contributed by atoms with Gasteiger partial charge in [0, 0.05) is 15.0 Å². The van der Waals surface area contributed by atoms with E-state index in [1.807, 2.05) is 17.5 Å². The van der Waals surface area contributed by atoms with Crippen LogP contribution in [0.5, 0.6) is 0 Å². The molecule has 1 aromatic heterocycles. The van der Waals surface area contributed by atoms with E-state index in [2.05, 4.69) is 21.2 Å². The molecule has 2 rings (SSSR count). The minimum absolute atomic E-state index is 0.217. The molecular weight excluding hydrogens is 277 g/mol. The standard InChI is InChI=1S/C11H9BrFNS/c12-10-4-5-15-11(10)7-14-9-3-1-2-8(13)6-9/h1-6,14H,7H2. The molecule has 78 valence electrons. The lowest BCUT2D eigenvalue weighted by Crippen LogP contribution is -1.97. The van der Waals surface area contributed by atoms with Gasteiger partial charge in [0.2, 0.25) is 0 Å². The van der Waals surface area contributed by atoms with Crippen LogP contribution < -0.4 is 5.32 Å². The molecule has 1 N–H and O–H groups in total. The predicted molar refractivity (Wildman–Crippen MR) is 65.7 cm³/mol. The third-order valence-electron chi connectivity index (χ3n) is 1.97. The number of thiophene rings is 1. The minimum Gasteiger partial charge on any atom is -0.380 e. The maximum absolute atomic E-state index is 12.9. The summed E-state index contributed by atoms with van der Waals surface area (Å²) in [6, 6.07) is 8.48. The first-order valence-corrected chi connectivity index (χ1v) is 6.14. The molecule has 4 heteroatoms.